The summed E-state index contributed by atoms with van der Waals surface area (Å²) < 4.78 is 17.0. The first-order valence-corrected chi connectivity index (χ1v) is 9.18. The SMILES string of the molecule is CCOC(CCO)c1ccc(OCc2c(-c3ccccc3)noc2C)cc1. The van der Waals surface area contributed by atoms with Crippen LogP contribution in [0.15, 0.2) is 59.1 Å². The molecule has 1 atom stereocenters. The molecule has 0 saturated carbocycles. The van der Waals surface area contributed by atoms with Gasteiger partial charge in [0.25, 0.3) is 0 Å². The van der Waals surface area contributed by atoms with Crippen molar-refractivity contribution in [3.8, 4) is 17.0 Å². The first-order chi connectivity index (χ1) is 13.2. The normalized spacial score (nSPS) is 12.1. The van der Waals surface area contributed by atoms with Crippen molar-refractivity contribution >= 4 is 0 Å². The van der Waals surface area contributed by atoms with E-state index >= 15 is 0 Å². The van der Waals surface area contributed by atoms with Gasteiger partial charge in [0.15, 0.2) is 0 Å². The zero-order chi connectivity index (χ0) is 19.1. The first-order valence-electron chi connectivity index (χ1n) is 9.18. The van der Waals surface area contributed by atoms with Crippen molar-refractivity contribution < 1.29 is 19.1 Å². The zero-order valence-corrected chi connectivity index (χ0v) is 15.7. The molecule has 2 aromatic carbocycles. The highest BCUT2D eigenvalue weighted by atomic mass is 16.5. The molecule has 27 heavy (non-hydrogen) atoms. The Labute approximate surface area is 159 Å². The van der Waals surface area contributed by atoms with Crippen LogP contribution in [0.2, 0.25) is 0 Å². The minimum absolute atomic E-state index is 0.0952. The second-order valence-corrected chi connectivity index (χ2v) is 6.25. The molecule has 1 unspecified atom stereocenters. The number of aromatic nitrogens is 1. The molecule has 3 aromatic rings. The summed E-state index contributed by atoms with van der Waals surface area (Å²) in [6.45, 7) is 4.93. The highest BCUT2D eigenvalue weighted by Crippen LogP contribution is 2.27. The van der Waals surface area contributed by atoms with Crippen molar-refractivity contribution in [2.24, 2.45) is 0 Å². The van der Waals surface area contributed by atoms with Crippen LogP contribution in [0.25, 0.3) is 11.3 Å². The Balaban J connectivity index is 1.70. The van der Waals surface area contributed by atoms with E-state index < -0.39 is 0 Å². The van der Waals surface area contributed by atoms with Gasteiger partial charge >= 0.3 is 0 Å². The van der Waals surface area contributed by atoms with Gasteiger partial charge in [0.05, 0.1) is 11.7 Å². The molecule has 1 heterocycles. The summed E-state index contributed by atoms with van der Waals surface area (Å²) in [4.78, 5) is 0. The lowest BCUT2D eigenvalue weighted by Crippen LogP contribution is -2.06. The lowest BCUT2D eigenvalue weighted by atomic mass is 10.1. The Kier molecular flexibility index (Phi) is 6.63. The van der Waals surface area contributed by atoms with Crippen LogP contribution < -0.4 is 4.74 Å². The van der Waals surface area contributed by atoms with E-state index in [9.17, 15) is 5.11 Å². The number of benzene rings is 2. The second-order valence-electron chi connectivity index (χ2n) is 6.25. The molecule has 3 rings (SSSR count). The molecule has 0 spiro atoms. The van der Waals surface area contributed by atoms with Gasteiger partial charge in [0, 0.05) is 25.2 Å². The van der Waals surface area contributed by atoms with Gasteiger partial charge in [0.2, 0.25) is 0 Å². The highest BCUT2D eigenvalue weighted by molar-refractivity contribution is 5.63. The number of nitrogens with zero attached hydrogens (tertiary/aromatic N) is 1. The maximum absolute atomic E-state index is 9.20. The molecule has 0 aliphatic rings. The molecule has 0 radical (unpaired) electrons. The largest absolute Gasteiger partial charge is 0.489 e. The van der Waals surface area contributed by atoms with Gasteiger partial charge in [-0.05, 0) is 31.5 Å². The van der Waals surface area contributed by atoms with E-state index in [-0.39, 0.29) is 12.7 Å². The Morgan fingerprint density at radius 3 is 2.48 bits per heavy atom. The summed E-state index contributed by atoms with van der Waals surface area (Å²) in [6.07, 6.45) is 0.480. The molecule has 142 valence electrons. The highest BCUT2D eigenvalue weighted by Gasteiger charge is 2.15. The Hall–Kier alpha value is -2.63. The van der Waals surface area contributed by atoms with Crippen LogP contribution in [-0.4, -0.2) is 23.5 Å². The van der Waals surface area contributed by atoms with Crippen LogP contribution in [0, 0.1) is 6.92 Å². The lowest BCUT2D eigenvalue weighted by Gasteiger charge is -2.16. The van der Waals surface area contributed by atoms with Crippen LogP contribution >= 0.6 is 0 Å². The lowest BCUT2D eigenvalue weighted by molar-refractivity contribution is 0.0432. The van der Waals surface area contributed by atoms with Gasteiger partial charge in [-0.3, -0.25) is 0 Å². The number of ether oxygens (including phenoxy) is 2. The number of rotatable bonds is 9. The monoisotopic (exact) mass is 367 g/mol. The molecule has 0 aliphatic carbocycles. The third kappa shape index (κ3) is 4.76. The van der Waals surface area contributed by atoms with Crippen molar-refractivity contribution in [2.75, 3.05) is 13.2 Å². The van der Waals surface area contributed by atoms with E-state index in [2.05, 4.69) is 5.16 Å². The Morgan fingerprint density at radius 2 is 1.81 bits per heavy atom. The maximum Gasteiger partial charge on any atom is 0.140 e. The van der Waals surface area contributed by atoms with Crippen LogP contribution in [0.1, 0.15) is 36.3 Å². The summed E-state index contributed by atoms with van der Waals surface area (Å²) in [7, 11) is 0. The van der Waals surface area contributed by atoms with Crippen molar-refractivity contribution in [3.63, 3.8) is 0 Å². The average molecular weight is 367 g/mol. The van der Waals surface area contributed by atoms with Crippen LogP contribution in [0.4, 0.5) is 0 Å². The van der Waals surface area contributed by atoms with E-state index in [4.69, 9.17) is 14.0 Å². The minimum Gasteiger partial charge on any atom is -0.489 e. The van der Waals surface area contributed by atoms with Gasteiger partial charge in [-0.1, -0.05) is 47.6 Å². The van der Waals surface area contributed by atoms with Gasteiger partial charge in [-0.2, -0.15) is 0 Å². The van der Waals surface area contributed by atoms with E-state index in [1.807, 2.05) is 68.4 Å². The van der Waals surface area contributed by atoms with Gasteiger partial charge < -0.3 is 19.1 Å². The molecule has 1 N–H and O–H groups in total. The summed E-state index contributed by atoms with van der Waals surface area (Å²) in [5.74, 6) is 1.52. The summed E-state index contributed by atoms with van der Waals surface area (Å²) >= 11 is 0. The van der Waals surface area contributed by atoms with Crippen molar-refractivity contribution in [2.45, 2.75) is 33.0 Å². The first kappa shape index (κ1) is 19.1. The second kappa shape index (κ2) is 9.35. The third-order valence-corrected chi connectivity index (χ3v) is 4.43. The molecular weight excluding hydrogens is 342 g/mol. The number of hydrogen-bond acceptors (Lipinski definition) is 5. The van der Waals surface area contributed by atoms with Gasteiger partial charge in [-0.15, -0.1) is 0 Å². The van der Waals surface area contributed by atoms with Crippen molar-refractivity contribution in [1.29, 1.82) is 0 Å². The van der Waals surface area contributed by atoms with Crippen LogP contribution in [0.3, 0.4) is 0 Å². The molecule has 0 bridgehead atoms. The van der Waals surface area contributed by atoms with Gasteiger partial charge in [-0.25, -0.2) is 0 Å². The van der Waals surface area contributed by atoms with Crippen molar-refractivity contribution in [3.05, 3.63) is 71.5 Å². The smallest absolute Gasteiger partial charge is 0.140 e. The number of hydrogen-bond donors (Lipinski definition) is 1. The fourth-order valence-corrected chi connectivity index (χ4v) is 2.98. The van der Waals surface area contributed by atoms with Crippen LogP contribution in [-0.2, 0) is 11.3 Å². The molecule has 1 aromatic heterocycles. The zero-order valence-electron chi connectivity index (χ0n) is 15.7. The van der Waals surface area contributed by atoms with E-state index in [1.165, 1.54) is 0 Å². The molecule has 0 saturated heterocycles. The van der Waals surface area contributed by atoms with Gasteiger partial charge in [0.1, 0.15) is 23.8 Å². The quantitative estimate of drug-likeness (QED) is 0.594. The summed E-state index contributed by atoms with van der Waals surface area (Å²) in [6, 6.07) is 17.7. The molecular formula is C22H25NO4. The molecule has 5 heteroatoms. The summed E-state index contributed by atoms with van der Waals surface area (Å²) in [5.41, 5.74) is 3.79. The molecule has 0 amide bonds. The topological polar surface area (TPSA) is 64.7 Å². The fourth-order valence-electron chi connectivity index (χ4n) is 2.98. The number of aryl methyl sites for hydroxylation is 1. The number of aliphatic hydroxyl groups is 1. The average Bonchev–Trinajstić information content (AvgIpc) is 3.08. The Bertz CT molecular complexity index is 821. The predicted octanol–water partition coefficient (Wildman–Crippen LogP) is 4.69. The predicted molar refractivity (Wildman–Crippen MR) is 104 cm³/mol. The summed E-state index contributed by atoms with van der Waals surface area (Å²) in [5, 5.41) is 13.4. The minimum atomic E-state index is -0.0981. The molecule has 0 aliphatic heterocycles. The molecule has 0 fully saturated rings. The standard InChI is InChI=1S/C22H25NO4/c1-3-25-21(13-14-24)17-9-11-19(12-10-17)26-15-20-16(2)27-23-22(20)18-7-5-4-6-8-18/h4-12,21,24H,3,13-15H2,1-2H3. The number of aliphatic hydroxyl groups excluding tert-OH is 1. The van der Waals surface area contributed by atoms with E-state index in [0.29, 0.717) is 19.6 Å². The van der Waals surface area contributed by atoms with E-state index in [0.717, 1.165) is 33.9 Å². The molecule has 5 nitrogen and oxygen atoms in total. The fraction of sp³-hybridized carbons (Fsp3) is 0.318. The Morgan fingerprint density at radius 1 is 1.07 bits per heavy atom. The third-order valence-electron chi connectivity index (χ3n) is 4.43. The maximum atomic E-state index is 9.20. The van der Waals surface area contributed by atoms with Crippen LogP contribution in [0.5, 0.6) is 5.75 Å². The van der Waals surface area contributed by atoms with Crippen molar-refractivity contribution in [1.82, 2.24) is 5.16 Å². The van der Waals surface area contributed by atoms with E-state index in [1.54, 1.807) is 0 Å².